The summed E-state index contributed by atoms with van der Waals surface area (Å²) >= 11 is 4.16. The van der Waals surface area contributed by atoms with E-state index in [1.165, 1.54) is 6.07 Å². The Morgan fingerprint density at radius 3 is 2.75 bits per heavy atom. The molecule has 106 valence electrons. The van der Waals surface area contributed by atoms with Crippen LogP contribution in [0.1, 0.15) is 17.0 Å². The molecule has 0 unspecified atom stereocenters. The third-order valence-corrected chi connectivity index (χ3v) is 4.30. The van der Waals surface area contributed by atoms with Crippen molar-refractivity contribution < 1.29 is 14.0 Å². The molecule has 0 aliphatic heterocycles. The van der Waals surface area contributed by atoms with Crippen LogP contribution >= 0.6 is 27.7 Å². The molecular weight excluding hydrogens is 349 g/mol. The van der Waals surface area contributed by atoms with Crippen LogP contribution in [0.15, 0.2) is 36.3 Å². The maximum atomic E-state index is 14.2. The predicted octanol–water partition coefficient (Wildman–Crippen LogP) is 3.44. The SMILES string of the molecule is Cc1nc(Sc2ccc(/C(N)=N/O)c(Br)c2F)oc1C. The first-order valence-corrected chi connectivity index (χ1v) is 7.12. The molecule has 3 N–H and O–H groups in total. The Kier molecular flexibility index (Phi) is 4.34. The molecule has 1 aromatic heterocycles. The molecule has 0 radical (unpaired) electrons. The molecule has 2 rings (SSSR count). The van der Waals surface area contributed by atoms with Crippen molar-refractivity contribution in [2.24, 2.45) is 10.9 Å². The molecule has 0 atom stereocenters. The van der Waals surface area contributed by atoms with Gasteiger partial charge in [0.1, 0.15) is 5.76 Å². The lowest BCUT2D eigenvalue weighted by Crippen LogP contribution is -2.14. The van der Waals surface area contributed by atoms with E-state index >= 15 is 0 Å². The number of hydrogen-bond donors (Lipinski definition) is 2. The lowest BCUT2D eigenvalue weighted by molar-refractivity contribution is 0.318. The normalized spacial score (nSPS) is 11.9. The van der Waals surface area contributed by atoms with Gasteiger partial charge in [-0.15, -0.1) is 0 Å². The highest BCUT2D eigenvalue weighted by Gasteiger charge is 2.17. The number of amidine groups is 1. The lowest BCUT2D eigenvalue weighted by Gasteiger charge is -2.06. The minimum Gasteiger partial charge on any atom is -0.436 e. The maximum absolute atomic E-state index is 14.2. The number of benzene rings is 1. The van der Waals surface area contributed by atoms with Gasteiger partial charge in [0.25, 0.3) is 5.22 Å². The van der Waals surface area contributed by atoms with Crippen LogP contribution in [0.25, 0.3) is 0 Å². The van der Waals surface area contributed by atoms with Gasteiger partial charge >= 0.3 is 0 Å². The first kappa shape index (κ1) is 14.9. The van der Waals surface area contributed by atoms with E-state index in [2.05, 4.69) is 26.1 Å². The Morgan fingerprint density at radius 2 is 2.20 bits per heavy atom. The third-order valence-electron chi connectivity index (χ3n) is 2.64. The lowest BCUT2D eigenvalue weighted by atomic mass is 10.2. The summed E-state index contributed by atoms with van der Waals surface area (Å²) < 4.78 is 19.7. The second kappa shape index (κ2) is 5.84. The minimum absolute atomic E-state index is 0.123. The summed E-state index contributed by atoms with van der Waals surface area (Å²) in [6.07, 6.45) is 0. The van der Waals surface area contributed by atoms with E-state index < -0.39 is 5.82 Å². The number of nitrogens with zero attached hydrogens (tertiary/aromatic N) is 2. The third kappa shape index (κ3) is 2.80. The van der Waals surface area contributed by atoms with Crippen molar-refractivity contribution in [1.82, 2.24) is 4.98 Å². The average molecular weight is 360 g/mol. The van der Waals surface area contributed by atoms with Crippen LogP contribution in [-0.2, 0) is 0 Å². The largest absolute Gasteiger partial charge is 0.436 e. The zero-order valence-corrected chi connectivity index (χ0v) is 13.0. The van der Waals surface area contributed by atoms with Crippen molar-refractivity contribution in [3.05, 3.63) is 39.4 Å². The van der Waals surface area contributed by atoms with Crippen molar-refractivity contribution in [1.29, 1.82) is 0 Å². The number of aryl methyl sites for hydroxylation is 2. The summed E-state index contributed by atoms with van der Waals surface area (Å²) in [6, 6.07) is 3.07. The van der Waals surface area contributed by atoms with Crippen LogP contribution in [-0.4, -0.2) is 16.0 Å². The summed E-state index contributed by atoms with van der Waals surface area (Å²) in [7, 11) is 0. The monoisotopic (exact) mass is 359 g/mol. The van der Waals surface area contributed by atoms with E-state index in [0.717, 1.165) is 17.5 Å². The predicted molar refractivity (Wildman–Crippen MR) is 76.7 cm³/mol. The zero-order chi connectivity index (χ0) is 14.9. The highest BCUT2D eigenvalue weighted by atomic mass is 79.9. The standard InChI is InChI=1S/C12H11BrFN3O2S/c1-5-6(2)19-12(16-5)20-8-4-3-7(11(15)17-18)9(13)10(8)14/h3-4,18H,1-2H3,(H2,15,17). The summed E-state index contributed by atoms with van der Waals surface area (Å²) in [5, 5.41) is 11.8. The molecule has 0 saturated carbocycles. The zero-order valence-electron chi connectivity index (χ0n) is 10.6. The van der Waals surface area contributed by atoms with Gasteiger partial charge in [0, 0.05) is 5.56 Å². The van der Waals surface area contributed by atoms with E-state index in [1.54, 1.807) is 13.0 Å². The number of oxazole rings is 1. The fourth-order valence-electron chi connectivity index (χ4n) is 1.44. The van der Waals surface area contributed by atoms with Crippen LogP contribution in [0.3, 0.4) is 0 Å². The van der Waals surface area contributed by atoms with Crippen molar-refractivity contribution in [3.8, 4) is 0 Å². The molecule has 20 heavy (non-hydrogen) atoms. The summed E-state index contributed by atoms with van der Waals surface area (Å²) in [5.41, 5.74) is 6.49. The molecule has 0 saturated heterocycles. The van der Waals surface area contributed by atoms with Gasteiger partial charge in [-0.3, -0.25) is 0 Å². The molecule has 8 heteroatoms. The van der Waals surface area contributed by atoms with Crippen LogP contribution in [0, 0.1) is 19.7 Å². The summed E-state index contributed by atoms with van der Waals surface area (Å²) in [4.78, 5) is 4.50. The van der Waals surface area contributed by atoms with Crippen LogP contribution in [0.5, 0.6) is 0 Å². The van der Waals surface area contributed by atoms with Gasteiger partial charge in [0.05, 0.1) is 15.1 Å². The second-order valence-electron chi connectivity index (χ2n) is 3.95. The Hall–Kier alpha value is -1.54. The van der Waals surface area contributed by atoms with Crippen molar-refractivity contribution >= 4 is 33.5 Å². The topological polar surface area (TPSA) is 84.6 Å². The van der Waals surface area contributed by atoms with Crippen LogP contribution in [0.2, 0.25) is 0 Å². The van der Waals surface area contributed by atoms with E-state index in [9.17, 15) is 4.39 Å². The van der Waals surface area contributed by atoms with Crippen LogP contribution < -0.4 is 5.73 Å². The van der Waals surface area contributed by atoms with Gasteiger partial charge < -0.3 is 15.4 Å². The maximum Gasteiger partial charge on any atom is 0.261 e. The molecule has 1 aromatic carbocycles. The van der Waals surface area contributed by atoms with Gasteiger partial charge in [-0.1, -0.05) is 5.16 Å². The highest BCUT2D eigenvalue weighted by Crippen LogP contribution is 2.34. The molecule has 0 bridgehead atoms. The molecular formula is C12H11BrFN3O2S. The Bertz CT molecular complexity index is 668. The Morgan fingerprint density at radius 1 is 1.50 bits per heavy atom. The quantitative estimate of drug-likeness (QED) is 0.379. The smallest absolute Gasteiger partial charge is 0.261 e. The van der Waals surface area contributed by atoms with E-state index in [4.69, 9.17) is 15.4 Å². The number of hydrogen-bond acceptors (Lipinski definition) is 5. The van der Waals surface area contributed by atoms with E-state index in [1.807, 2.05) is 6.92 Å². The number of halogens is 2. The van der Waals surface area contributed by atoms with Gasteiger partial charge in [-0.05, 0) is 53.7 Å². The fraction of sp³-hybridized carbons (Fsp3) is 0.167. The summed E-state index contributed by atoms with van der Waals surface area (Å²) in [6.45, 7) is 3.61. The molecule has 1 heterocycles. The molecule has 0 fully saturated rings. The molecule has 2 aromatic rings. The van der Waals surface area contributed by atoms with Gasteiger partial charge in [0.2, 0.25) is 0 Å². The number of nitrogens with two attached hydrogens (primary N) is 1. The average Bonchev–Trinajstić information content (AvgIpc) is 2.73. The minimum atomic E-state index is -0.521. The first-order valence-electron chi connectivity index (χ1n) is 5.51. The second-order valence-corrected chi connectivity index (χ2v) is 5.73. The van der Waals surface area contributed by atoms with Crippen LogP contribution in [0.4, 0.5) is 4.39 Å². The van der Waals surface area contributed by atoms with Gasteiger partial charge in [0.15, 0.2) is 11.7 Å². The highest BCUT2D eigenvalue weighted by molar-refractivity contribution is 9.10. The Balaban J connectivity index is 2.37. The van der Waals surface area contributed by atoms with Crippen molar-refractivity contribution in [2.75, 3.05) is 0 Å². The molecule has 0 aliphatic carbocycles. The summed E-state index contributed by atoms with van der Waals surface area (Å²) in [5.74, 6) is 0.00277. The van der Waals surface area contributed by atoms with E-state index in [0.29, 0.717) is 15.9 Å². The Labute approximate surface area is 127 Å². The van der Waals surface area contributed by atoms with Crippen molar-refractivity contribution in [2.45, 2.75) is 24.0 Å². The fourth-order valence-corrected chi connectivity index (χ4v) is 2.99. The number of oxime groups is 1. The van der Waals surface area contributed by atoms with E-state index in [-0.39, 0.29) is 15.9 Å². The number of aromatic nitrogens is 1. The molecule has 0 aliphatic rings. The van der Waals surface area contributed by atoms with Gasteiger partial charge in [-0.2, -0.15) is 0 Å². The first-order chi connectivity index (χ1) is 9.43. The van der Waals surface area contributed by atoms with Gasteiger partial charge in [-0.25, -0.2) is 9.37 Å². The molecule has 0 spiro atoms. The molecule has 0 amide bonds. The molecule has 5 nitrogen and oxygen atoms in total. The number of rotatable bonds is 3. The van der Waals surface area contributed by atoms with Crippen molar-refractivity contribution in [3.63, 3.8) is 0 Å².